The van der Waals surface area contributed by atoms with Gasteiger partial charge in [0.2, 0.25) is 0 Å². The molecule has 1 heterocycles. The summed E-state index contributed by atoms with van der Waals surface area (Å²) in [4.78, 5) is 13.8. The van der Waals surface area contributed by atoms with Crippen LogP contribution in [-0.2, 0) is 0 Å². The Bertz CT molecular complexity index is 420. The quantitative estimate of drug-likeness (QED) is 0.859. The molecule has 2 rings (SSSR count). The Morgan fingerprint density at radius 2 is 2.12 bits per heavy atom. The maximum absolute atomic E-state index is 12.1. The van der Waals surface area contributed by atoms with Gasteiger partial charge in [-0.05, 0) is 26.0 Å². The van der Waals surface area contributed by atoms with Crippen LogP contribution in [0, 0.1) is 0 Å². The van der Waals surface area contributed by atoms with E-state index in [0.29, 0.717) is 31.0 Å². The van der Waals surface area contributed by atoms with Crippen LogP contribution in [0.25, 0.3) is 0 Å². The molecule has 1 N–H and O–H groups in total. The Hall–Kier alpha value is -1.55. The number of carbonyl (C=O) groups excluding carboxylic acids is 1. The van der Waals surface area contributed by atoms with Crippen LogP contribution in [0.15, 0.2) is 24.3 Å². The first kappa shape index (κ1) is 11.9. The van der Waals surface area contributed by atoms with Gasteiger partial charge < -0.3 is 14.7 Å². The minimum Gasteiger partial charge on any atom is -0.493 e. The summed E-state index contributed by atoms with van der Waals surface area (Å²) >= 11 is 0. The molecule has 1 aromatic rings. The smallest absolute Gasteiger partial charge is 0.257 e. The summed E-state index contributed by atoms with van der Waals surface area (Å²) in [7, 11) is 0. The topological polar surface area (TPSA) is 49.8 Å². The SMILES string of the molecule is CCOc1ccccc1C(=O)N1CC(C)(O)C1. The number of para-hydroxylation sites is 1. The minimum absolute atomic E-state index is 0.0828. The summed E-state index contributed by atoms with van der Waals surface area (Å²) in [6.45, 7) is 4.90. The molecule has 4 nitrogen and oxygen atoms in total. The van der Waals surface area contributed by atoms with Crippen molar-refractivity contribution in [1.29, 1.82) is 0 Å². The zero-order valence-corrected chi connectivity index (χ0v) is 10.1. The highest BCUT2D eigenvalue weighted by Crippen LogP contribution is 2.26. The number of rotatable bonds is 3. The maximum atomic E-state index is 12.1. The number of benzene rings is 1. The summed E-state index contributed by atoms with van der Waals surface area (Å²) in [5, 5.41) is 9.63. The molecule has 0 atom stereocenters. The molecule has 0 unspecified atom stereocenters. The number of ether oxygens (including phenoxy) is 1. The van der Waals surface area contributed by atoms with Crippen LogP contribution < -0.4 is 4.74 Å². The molecule has 1 aliphatic heterocycles. The van der Waals surface area contributed by atoms with Gasteiger partial charge in [0.25, 0.3) is 5.91 Å². The molecule has 0 aromatic heterocycles. The highest BCUT2D eigenvalue weighted by atomic mass is 16.5. The molecule has 0 bridgehead atoms. The molecule has 1 saturated heterocycles. The van der Waals surface area contributed by atoms with Gasteiger partial charge in [-0.15, -0.1) is 0 Å². The van der Waals surface area contributed by atoms with Crippen LogP contribution >= 0.6 is 0 Å². The number of likely N-dealkylation sites (tertiary alicyclic amines) is 1. The molecule has 0 saturated carbocycles. The van der Waals surface area contributed by atoms with E-state index < -0.39 is 5.60 Å². The van der Waals surface area contributed by atoms with Gasteiger partial charge in [0.05, 0.1) is 30.9 Å². The monoisotopic (exact) mass is 235 g/mol. The molecule has 1 amide bonds. The third kappa shape index (κ3) is 2.42. The highest BCUT2D eigenvalue weighted by Gasteiger charge is 2.40. The van der Waals surface area contributed by atoms with E-state index in [1.165, 1.54) is 0 Å². The van der Waals surface area contributed by atoms with E-state index >= 15 is 0 Å². The second kappa shape index (κ2) is 4.37. The Morgan fingerprint density at radius 3 is 2.71 bits per heavy atom. The maximum Gasteiger partial charge on any atom is 0.257 e. The summed E-state index contributed by atoms with van der Waals surface area (Å²) in [5.74, 6) is 0.520. The van der Waals surface area contributed by atoms with Crippen molar-refractivity contribution >= 4 is 5.91 Å². The minimum atomic E-state index is -0.740. The van der Waals surface area contributed by atoms with E-state index in [2.05, 4.69) is 0 Å². The number of β-amino-alcohol motifs (C(OH)–C–C–N with tert-alkyl or cyclic N) is 1. The summed E-state index contributed by atoms with van der Waals surface area (Å²) < 4.78 is 5.42. The van der Waals surface area contributed by atoms with Gasteiger partial charge in [-0.1, -0.05) is 12.1 Å². The molecule has 92 valence electrons. The van der Waals surface area contributed by atoms with Crippen LogP contribution in [0.1, 0.15) is 24.2 Å². The number of hydrogen-bond acceptors (Lipinski definition) is 3. The largest absolute Gasteiger partial charge is 0.493 e. The normalized spacial score (nSPS) is 17.5. The van der Waals surface area contributed by atoms with E-state index in [4.69, 9.17) is 4.74 Å². The van der Waals surface area contributed by atoms with Crippen molar-refractivity contribution in [3.8, 4) is 5.75 Å². The summed E-state index contributed by atoms with van der Waals surface area (Å²) in [6.07, 6.45) is 0. The fraction of sp³-hybridized carbons (Fsp3) is 0.462. The first-order valence-corrected chi connectivity index (χ1v) is 5.77. The van der Waals surface area contributed by atoms with Crippen molar-refractivity contribution in [2.24, 2.45) is 0 Å². The van der Waals surface area contributed by atoms with E-state index in [-0.39, 0.29) is 5.91 Å². The molecule has 0 aliphatic carbocycles. The zero-order valence-electron chi connectivity index (χ0n) is 10.1. The van der Waals surface area contributed by atoms with E-state index in [1.807, 2.05) is 19.1 Å². The van der Waals surface area contributed by atoms with Crippen LogP contribution in [0.4, 0.5) is 0 Å². The molecule has 1 fully saturated rings. The average Bonchev–Trinajstić information content (AvgIpc) is 2.26. The Labute approximate surface area is 101 Å². The first-order chi connectivity index (χ1) is 8.03. The van der Waals surface area contributed by atoms with E-state index in [1.54, 1.807) is 24.0 Å². The van der Waals surface area contributed by atoms with Gasteiger partial charge in [0.1, 0.15) is 5.75 Å². The van der Waals surface area contributed by atoms with Crippen molar-refractivity contribution in [2.75, 3.05) is 19.7 Å². The Kier molecular flexibility index (Phi) is 3.07. The van der Waals surface area contributed by atoms with Crippen LogP contribution in [-0.4, -0.2) is 41.2 Å². The number of aliphatic hydroxyl groups is 1. The average molecular weight is 235 g/mol. The lowest BCUT2D eigenvalue weighted by molar-refractivity contribution is -0.0669. The standard InChI is InChI=1S/C13H17NO3/c1-3-17-11-7-5-4-6-10(11)12(15)14-8-13(2,16)9-14/h4-7,16H,3,8-9H2,1-2H3. The van der Waals surface area contributed by atoms with E-state index in [0.717, 1.165) is 0 Å². The first-order valence-electron chi connectivity index (χ1n) is 5.77. The van der Waals surface area contributed by atoms with Crippen LogP contribution in [0.3, 0.4) is 0 Å². The summed E-state index contributed by atoms with van der Waals surface area (Å²) in [6, 6.07) is 7.19. The van der Waals surface area contributed by atoms with Crippen molar-refractivity contribution in [3.05, 3.63) is 29.8 Å². The Morgan fingerprint density at radius 1 is 1.47 bits per heavy atom. The van der Waals surface area contributed by atoms with Gasteiger partial charge in [0.15, 0.2) is 0 Å². The van der Waals surface area contributed by atoms with Crippen molar-refractivity contribution in [3.63, 3.8) is 0 Å². The predicted octanol–water partition coefficient (Wildman–Crippen LogP) is 1.29. The van der Waals surface area contributed by atoms with Crippen molar-refractivity contribution in [2.45, 2.75) is 19.4 Å². The predicted molar refractivity (Wildman–Crippen MR) is 64.1 cm³/mol. The molecule has 1 aromatic carbocycles. The lowest BCUT2D eigenvalue weighted by Crippen LogP contribution is -2.61. The van der Waals surface area contributed by atoms with Crippen molar-refractivity contribution in [1.82, 2.24) is 4.90 Å². The van der Waals surface area contributed by atoms with Crippen molar-refractivity contribution < 1.29 is 14.6 Å². The van der Waals surface area contributed by atoms with Gasteiger partial charge in [-0.2, -0.15) is 0 Å². The number of amides is 1. The van der Waals surface area contributed by atoms with Gasteiger partial charge in [0, 0.05) is 0 Å². The molecule has 17 heavy (non-hydrogen) atoms. The number of hydrogen-bond donors (Lipinski definition) is 1. The third-order valence-electron chi connectivity index (χ3n) is 2.77. The molecular formula is C13H17NO3. The van der Waals surface area contributed by atoms with Crippen LogP contribution in [0.2, 0.25) is 0 Å². The lowest BCUT2D eigenvalue weighted by atomic mass is 9.96. The van der Waals surface area contributed by atoms with Gasteiger partial charge in [-0.3, -0.25) is 4.79 Å². The fourth-order valence-corrected chi connectivity index (χ4v) is 2.01. The Balaban J connectivity index is 2.14. The zero-order chi connectivity index (χ0) is 12.5. The second-order valence-electron chi connectivity index (χ2n) is 4.59. The second-order valence-corrected chi connectivity index (χ2v) is 4.59. The van der Waals surface area contributed by atoms with Gasteiger partial charge in [-0.25, -0.2) is 0 Å². The van der Waals surface area contributed by atoms with E-state index in [9.17, 15) is 9.90 Å². The highest BCUT2D eigenvalue weighted by molar-refractivity contribution is 5.97. The molecule has 0 radical (unpaired) electrons. The molecule has 0 spiro atoms. The lowest BCUT2D eigenvalue weighted by Gasteiger charge is -2.44. The molecular weight excluding hydrogens is 218 g/mol. The fourth-order valence-electron chi connectivity index (χ4n) is 2.01. The molecule has 1 aliphatic rings. The van der Waals surface area contributed by atoms with Gasteiger partial charge >= 0.3 is 0 Å². The summed E-state index contributed by atoms with van der Waals surface area (Å²) in [5.41, 5.74) is -0.180. The number of nitrogens with zero attached hydrogens (tertiary/aromatic N) is 1. The number of carbonyl (C=O) groups is 1. The van der Waals surface area contributed by atoms with Crippen LogP contribution in [0.5, 0.6) is 5.75 Å². The third-order valence-corrected chi connectivity index (χ3v) is 2.77. The molecule has 4 heteroatoms.